The highest BCUT2D eigenvalue weighted by Crippen LogP contribution is 2.12. The van der Waals surface area contributed by atoms with Crippen LogP contribution in [0.3, 0.4) is 0 Å². The highest BCUT2D eigenvalue weighted by atomic mass is 16.5. The van der Waals surface area contributed by atoms with Crippen molar-refractivity contribution in [2.24, 2.45) is 0 Å². The van der Waals surface area contributed by atoms with E-state index < -0.39 is 0 Å². The van der Waals surface area contributed by atoms with Crippen LogP contribution in [0.15, 0.2) is 36.4 Å². The van der Waals surface area contributed by atoms with Gasteiger partial charge in [0.15, 0.2) is 0 Å². The number of nitrogens with one attached hydrogen (secondary N) is 1. The van der Waals surface area contributed by atoms with E-state index in [0.717, 1.165) is 12.2 Å². The van der Waals surface area contributed by atoms with Gasteiger partial charge in [0.1, 0.15) is 0 Å². The van der Waals surface area contributed by atoms with E-state index in [9.17, 15) is 4.79 Å². The highest BCUT2D eigenvalue weighted by Gasteiger charge is 2.05. The Kier molecular flexibility index (Phi) is 15.0. The summed E-state index contributed by atoms with van der Waals surface area (Å²) in [5.41, 5.74) is 1.67. The summed E-state index contributed by atoms with van der Waals surface area (Å²) in [4.78, 5) is 11.6. The van der Waals surface area contributed by atoms with Crippen molar-refractivity contribution in [1.82, 2.24) is 0 Å². The van der Waals surface area contributed by atoms with Crippen molar-refractivity contribution in [2.45, 2.75) is 90.9 Å². The molecule has 1 aromatic rings. The van der Waals surface area contributed by atoms with Gasteiger partial charge in [-0.3, -0.25) is 0 Å². The number of benzene rings is 1. The average molecular weight is 388 g/mol. The molecule has 0 aliphatic carbocycles. The standard InChI is InChI=1S/C25H41NO2/c1-3-5-6-7-8-9-10-11-12-13-14-15-16-17-22-26-24-20-18-23(19-21-24)25(27)28-4-2/h9-10,18-21,26H,3-8,11-17,22H2,1-2H3/b10-9+. The van der Waals surface area contributed by atoms with Crippen LogP contribution in [0.2, 0.25) is 0 Å². The summed E-state index contributed by atoms with van der Waals surface area (Å²) in [6.07, 6.45) is 20.5. The molecule has 0 radical (unpaired) electrons. The Bertz CT molecular complexity index is 522. The molecule has 0 aromatic heterocycles. The molecule has 0 unspecified atom stereocenters. The van der Waals surface area contributed by atoms with Gasteiger partial charge in [0, 0.05) is 12.2 Å². The SMILES string of the molecule is CCCCCC/C=C/CCCCCCCCNc1ccc(C(=O)OCC)cc1. The second kappa shape index (κ2) is 17.3. The lowest BCUT2D eigenvalue weighted by molar-refractivity contribution is 0.0526. The monoisotopic (exact) mass is 387 g/mol. The number of hydrogen-bond donors (Lipinski definition) is 1. The fourth-order valence-electron chi connectivity index (χ4n) is 3.19. The van der Waals surface area contributed by atoms with Gasteiger partial charge in [-0.2, -0.15) is 0 Å². The summed E-state index contributed by atoms with van der Waals surface area (Å²) in [7, 11) is 0. The van der Waals surface area contributed by atoms with E-state index in [1.807, 2.05) is 31.2 Å². The first-order chi connectivity index (χ1) is 13.8. The number of carbonyl (C=O) groups is 1. The van der Waals surface area contributed by atoms with Crippen LogP contribution in [-0.4, -0.2) is 19.1 Å². The summed E-state index contributed by atoms with van der Waals surface area (Å²) < 4.78 is 5.00. The van der Waals surface area contributed by atoms with E-state index >= 15 is 0 Å². The third-order valence-corrected chi connectivity index (χ3v) is 4.91. The molecule has 0 aliphatic rings. The predicted molar refractivity (Wildman–Crippen MR) is 121 cm³/mol. The van der Waals surface area contributed by atoms with Gasteiger partial charge in [0.25, 0.3) is 0 Å². The Labute approximate surface area is 173 Å². The van der Waals surface area contributed by atoms with Crippen LogP contribution >= 0.6 is 0 Å². The van der Waals surface area contributed by atoms with Crippen LogP contribution in [-0.2, 0) is 4.74 Å². The van der Waals surface area contributed by atoms with E-state index in [4.69, 9.17) is 4.74 Å². The van der Waals surface area contributed by atoms with Gasteiger partial charge in [0.05, 0.1) is 12.2 Å². The molecule has 0 fully saturated rings. The van der Waals surface area contributed by atoms with E-state index in [2.05, 4.69) is 24.4 Å². The molecule has 3 nitrogen and oxygen atoms in total. The minimum absolute atomic E-state index is 0.253. The molecule has 0 saturated heterocycles. The smallest absolute Gasteiger partial charge is 0.338 e. The number of ether oxygens (including phenoxy) is 1. The second-order valence-electron chi connectivity index (χ2n) is 7.46. The van der Waals surface area contributed by atoms with Crippen molar-refractivity contribution in [2.75, 3.05) is 18.5 Å². The van der Waals surface area contributed by atoms with E-state index in [1.54, 1.807) is 0 Å². The van der Waals surface area contributed by atoms with Crippen LogP contribution < -0.4 is 5.32 Å². The molecular weight excluding hydrogens is 346 g/mol. The fourth-order valence-corrected chi connectivity index (χ4v) is 3.19. The van der Waals surface area contributed by atoms with E-state index in [1.165, 1.54) is 77.0 Å². The van der Waals surface area contributed by atoms with Crippen LogP contribution in [0.4, 0.5) is 5.69 Å². The number of hydrogen-bond acceptors (Lipinski definition) is 3. The number of allylic oxidation sites excluding steroid dienone is 2. The highest BCUT2D eigenvalue weighted by molar-refractivity contribution is 5.89. The fraction of sp³-hybridized carbons (Fsp3) is 0.640. The Balaban J connectivity index is 1.92. The molecule has 3 heteroatoms. The van der Waals surface area contributed by atoms with Crippen LogP contribution in [0.5, 0.6) is 0 Å². The summed E-state index contributed by atoms with van der Waals surface area (Å²) >= 11 is 0. The van der Waals surface area contributed by atoms with Crippen molar-refractivity contribution in [3.63, 3.8) is 0 Å². The molecule has 0 aliphatic heterocycles. The summed E-state index contributed by atoms with van der Waals surface area (Å²) in [5.74, 6) is -0.253. The van der Waals surface area contributed by atoms with Crippen LogP contribution in [0.25, 0.3) is 0 Å². The number of esters is 1. The molecular formula is C25H41NO2. The maximum atomic E-state index is 11.6. The van der Waals surface area contributed by atoms with Gasteiger partial charge in [0.2, 0.25) is 0 Å². The average Bonchev–Trinajstić information content (AvgIpc) is 2.71. The molecule has 0 bridgehead atoms. The minimum Gasteiger partial charge on any atom is -0.462 e. The Hall–Kier alpha value is -1.77. The lowest BCUT2D eigenvalue weighted by atomic mass is 10.1. The van der Waals surface area contributed by atoms with E-state index in [0.29, 0.717) is 12.2 Å². The van der Waals surface area contributed by atoms with Gasteiger partial charge in [-0.1, -0.05) is 64.0 Å². The van der Waals surface area contributed by atoms with Crippen molar-refractivity contribution < 1.29 is 9.53 Å². The molecule has 0 amide bonds. The molecule has 0 saturated carbocycles. The van der Waals surface area contributed by atoms with Gasteiger partial charge in [-0.05, 0) is 63.3 Å². The lowest BCUT2D eigenvalue weighted by Crippen LogP contribution is -2.05. The van der Waals surface area contributed by atoms with Gasteiger partial charge >= 0.3 is 5.97 Å². The normalized spacial score (nSPS) is 11.1. The third kappa shape index (κ3) is 12.6. The molecule has 1 N–H and O–H groups in total. The first-order valence-electron chi connectivity index (χ1n) is 11.4. The molecule has 28 heavy (non-hydrogen) atoms. The van der Waals surface area contributed by atoms with Crippen molar-refractivity contribution in [1.29, 1.82) is 0 Å². The van der Waals surface area contributed by atoms with Crippen LogP contribution in [0, 0.1) is 0 Å². The van der Waals surface area contributed by atoms with Crippen molar-refractivity contribution >= 4 is 11.7 Å². The van der Waals surface area contributed by atoms with Crippen molar-refractivity contribution in [3.05, 3.63) is 42.0 Å². The Morgan fingerprint density at radius 1 is 0.821 bits per heavy atom. The number of anilines is 1. The minimum atomic E-state index is -0.253. The zero-order valence-corrected chi connectivity index (χ0v) is 18.2. The number of unbranched alkanes of at least 4 members (excludes halogenated alkanes) is 10. The van der Waals surface area contributed by atoms with Crippen molar-refractivity contribution in [3.8, 4) is 0 Å². The Morgan fingerprint density at radius 2 is 1.39 bits per heavy atom. The number of carbonyl (C=O) groups excluding carboxylic acids is 1. The third-order valence-electron chi connectivity index (χ3n) is 4.91. The maximum absolute atomic E-state index is 11.6. The van der Waals surface area contributed by atoms with Gasteiger partial charge in [-0.15, -0.1) is 0 Å². The zero-order valence-electron chi connectivity index (χ0n) is 18.2. The van der Waals surface area contributed by atoms with E-state index in [-0.39, 0.29) is 5.97 Å². The summed E-state index contributed by atoms with van der Waals surface area (Å²) in [6, 6.07) is 7.53. The molecule has 1 aromatic carbocycles. The largest absolute Gasteiger partial charge is 0.462 e. The zero-order chi connectivity index (χ0) is 20.3. The Morgan fingerprint density at radius 3 is 2.00 bits per heavy atom. The quantitative estimate of drug-likeness (QED) is 0.170. The molecule has 158 valence electrons. The second-order valence-corrected chi connectivity index (χ2v) is 7.46. The summed E-state index contributed by atoms with van der Waals surface area (Å²) in [6.45, 7) is 5.48. The predicted octanol–water partition coefficient (Wildman–Crippen LogP) is 7.53. The van der Waals surface area contributed by atoms with Crippen LogP contribution in [0.1, 0.15) is 101 Å². The van der Waals surface area contributed by atoms with Gasteiger partial charge in [-0.25, -0.2) is 4.79 Å². The van der Waals surface area contributed by atoms with Gasteiger partial charge < -0.3 is 10.1 Å². The molecule has 0 spiro atoms. The lowest BCUT2D eigenvalue weighted by Gasteiger charge is -2.07. The maximum Gasteiger partial charge on any atom is 0.338 e. The summed E-state index contributed by atoms with van der Waals surface area (Å²) in [5, 5.41) is 3.42. The molecule has 0 heterocycles. The molecule has 0 atom stereocenters. The molecule has 1 rings (SSSR count). The number of rotatable bonds is 17. The first-order valence-corrected chi connectivity index (χ1v) is 11.4. The topological polar surface area (TPSA) is 38.3 Å². The first kappa shape index (κ1) is 24.3.